The van der Waals surface area contributed by atoms with Gasteiger partial charge in [0.2, 0.25) is 15.9 Å². The Labute approximate surface area is 208 Å². The normalized spacial score (nSPS) is 18.9. The van der Waals surface area contributed by atoms with Crippen molar-refractivity contribution in [2.45, 2.75) is 36.9 Å². The molecule has 0 bridgehead atoms. The van der Waals surface area contributed by atoms with Crippen LogP contribution in [0.5, 0.6) is 0 Å². The van der Waals surface area contributed by atoms with E-state index in [1.165, 1.54) is 46.8 Å². The fraction of sp³-hybridized carbons (Fsp3) is 0.360. The van der Waals surface area contributed by atoms with Gasteiger partial charge in [-0.25, -0.2) is 8.42 Å². The van der Waals surface area contributed by atoms with Crippen molar-refractivity contribution in [1.82, 2.24) is 14.9 Å². The molecule has 0 aliphatic carbocycles. The van der Waals surface area contributed by atoms with Crippen LogP contribution in [0.3, 0.4) is 0 Å². The van der Waals surface area contributed by atoms with E-state index in [4.69, 9.17) is 0 Å². The molecular weight excluding hydrogens is 495 g/mol. The number of alkyl halides is 3. The van der Waals surface area contributed by atoms with Crippen molar-refractivity contribution >= 4 is 21.8 Å². The molecule has 36 heavy (non-hydrogen) atoms. The molecule has 2 aromatic rings. The third-order valence-electron chi connectivity index (χ3n) is 6.12. The molecule has 3 rings (SSSR count). The molecule has 2 unspecified atom stereocenters. The largest absolute Gasteiger partial charge is 0.416 e. The summed E-state index contributed by atoms with van der Waals surface area (Å²) in [6, 6.07) is 10.2. The Hall–Kier alpha value is -3.18. The molecule has 1 fully saturated rings. The SMILES string of the molecule is C=CC(=O)NC1CCN(S(=O)(=O)c2ccc(C(=O)NCCc3ccc(C(F)(F)F)cc3)cc2)CC1C. The van der Waals surface area contributed by atoms with Crippen molar-refractivity contribution in [3.05, 3.63) is 77.9 Å². The zero-order chi connectivity index (χ0) is 26.5. The summed E-state index contributed by atoms with van der Waals surface area (Å²) in [6.07, 6.45) is -2.40. The molecule has 0 radical (unpaired) electrons. The number of hydrogen-bond acceptors (Lipinski definition) is 4. The van der Waals surface area contributed by atoms with Gasteiger partial charge in [-0.05, 0) is 66.8 Å². The van der Waals surface area contributed by atoms with Crippen LogP contribution in [0, 0.1) is 5.92 Å². The third kappa shape index (κ3) is 6.73. The summed E-state index contributed by atoms with van der Waals surface area (Å²) >= 11 is 0. The summed E-state index contributed by atoms with van der Waals surface area (Å²) in [5, 5.41) is 5.50. The highest BCUT2D eigenvalue weighted by Crippen LogP contribution is 2.29. The lowest BCUT2D eigenvalue weighted by molar-refractivity contribution is -0.137. The second-order valence-electron chi connectivity index (χ2n) is 8.67. The second kappa shape index (κ2) is 11.3. The molecule has 1 aliphatic rings. The molecule has 7 nitrogen and oxygen atoms in total. The smallest absolute Gasteiger partial charge is 0.352 e. The lowest BCUT2D eigenvalue weighted by Crippen LogP contribution is -2.51. The van der Waals surface area contributed by atoms with E-state index in [0.717, 1.165) is 12.1 Å². The maximum Gasteiger partial charge on any atom is 0.416 e. The number of hydrogen-bond donors (Lipinski definition) is 2. The Morgan fingerprint density at radius 2 is 1.75 bits per heavy atom. The van der Waals surface area contributed by atoms with Gasteiger partial charge in [0, 0.05) is 31.2 Å². The first kappa shape index (κ1) is 27.4. The number of nitrogens with zero attached hydrogens (tertiary/aromatic N) is 1. The standard InChI is InChI=1S/C25H28F3N3O4S/c1-3-23(32)30-22-13-15-31(16-17(22)2)36(34,35)21-10-6-19(7-11-21)24(33)29-14-12-18-4-8-20(9-5-18)25(26,27)28/h3-11,17,22H,1,12-16H2,2H3,(H,29,33)(H,30,32). The predicted molar refractivity (Wildman–Crippen MR) is 129 cm³/mol. The molecule has 2 amide bonds. The fourth-order valence-electron chi connectivity index (χ4n) is 3.99. The zero-order valence-electron chi connectivity index (χ0n) is 19.7. The van der Waals surface area contributed by atoms with E-state index in [9.17, 15) is 31.2 Å². The van der Waals surface area contributed by atoms with Crippen LogP contribution in [0.2, 0.25) is 0 Å². The Balaban J connectivity index is 1.55. The lowest BCUT2D eigenvalue weighted by Gasteiger charge is -2.36. The van der Waals surface area contributed by atoms with Gasteiger partial charge in [-0.1, -0.05) is 25.6 Å². The lowest BCUT2D eigenvalue weighted by atomic mass is 9.95. The molecular formula is C25H28F3N3O4S. The molecule has 0 aromatic heterocycles. The maximum atomic E-state index is 13.1. The van der Waals surface area contributed by atoms with Crippen LogP contribution in [0.25, 0.3) is 0 Å². The Bertz CT molecular complexity index is 1200. The zero-order valence-corrected chi connectivity index (χ0v) is 20.5. The van der Waals surface area contributed by atoms with Gasteiger partial charge in [0.05, 0.1) is 10.5 Å². The Morgan fingerprint density at radius 1 is 1.11 bits per heavy atom. The van der Waals surface area contributed by atoms with Crippen molar-refractivity contribution in [1.29, 1.82) is 0 Å². The molecule has 0 saturated carbocycles. The summed E-state index contributed by atoms with van der Waals surface area (Å²) in [6.45, 7) is 6.00. The number of amides is 2. The maximum absolute atomic E-state index is 13.1. The van der Waals surface area contributed by atoms with Gasteiger partial charge in [-0.2, -0.15) is 17.5 Å². The molecule has 1 aliphatic heterocycles. The van der Waals surface area contributed by atoms with E-state index in [1.54, 1.807) is 0 Å². The number of carbonyl (C=O) groups excluding carboxylic acids is 2. The molecule has 2 N–H and O–H groups in total. The molecule has 11 heteroatoms. The first-order chi connectivity index (χ1) is 16.9. The van der Waals surface area contributed by atoms with Crippen molar-refractivity contribution < 1.29 is 31.2 Å². The number of rotatable bonds is 8. The van der Waals surface area contributed by atoms with Crippen molar-refractivity contribution in [2.75, 3.05) is 19.6 Å². The van der Waals surface area contributed by atoms with Crippen LogP contribution >= 0.6 is 0 Å². The number of sulfonamides is 1. The third-order valence-corrected chi connectivity index (χ3v) is 8.00. The number of nitrogens with one attached hydrogen (secondary N) is 2. The molecule has 0 spiro atoms. The van der Waals surface area contributed by atoms with Gasteiger partial charge in [0.15, 0.2) is 0 Å². The number of piperidine rings is 1. The van der Waals surface area contributed by atoms with Gasteiger partial charge in [0.25, 0.3) is 5.91 Å². The van der Waals surface area contributed by atoms with E-state index < -0.39 is 27.7 Å². The first-order valence-electron chi connectivity index (χ1n) is 11.4. The molecule has 2 aromatic carbocycles. The van der Waals surface area contributed by atoms with Gasteiger partial charge < -0.3 is 10.6 Å². The minimum atomic E-state index is -4.40. The summed E-state index contributed by atoms with van der Waals surface area (Å²) in [4.78, 5) is 24.0. The quantitative estimate of drug-likeness (QED) is 0.519. The number of halogens is 3. The van der Waals surface area contributed by atoms with E-state index in [0.29, 0.717) is 18.4 Å². The minimum absolute atomic E-state index is 0.0598. The summed E-state index contributed by atoms with van der Waals surface area (Å²) < 4.78 is 65.4. The van der Waals surface area contributed by atoms with Crippen molar-refractivity contribution in [3.8, 4) is 0 Å². The highest BCUT2D eigenvalue weighted by atomic mass is 32.2. The first-order valence-corrected chi connectivity index (χ1v) is 12.8. The van der Waals surface area contributed by atoms with Crippen LogP contribution in [0.1, 0.15) is 34.8 Å². The van der Waals surface area contributed by atoms with Crippen molar-refractivity contribution in [2.24, 2.45) is 5.92 Å². The van der Waals surface area contributed by atoms with Crippen LogP contribution in [0.15, 0.2) is 66.1 Å². The highest BCUT2D eigenvalue weighted by Gasteiger charge is 2.34. The topological polar surface area (TPSA) is 95.6 Å². The van der Waals surface area contributed by atoms with Crippen molar-refractivity contribution in [3.63, 3.8) is 0 Å². The van der Waals surface area contributed by atoms with Gasteiger partial charge in [-0.15, -0.1) is 0 Å². The van der Waals surface area contributed by atoms with Gasteiger partial charge >= 0.3 is 6.18 Å². The minimum Gasteiger partial charge on any atom is -0.352 e. The molecule has 194 valence electrons. The van der Waals surface area contributed by atoms with E-state index in [-0.39, 0.29) is 48.0 Å². The Morgan fingerprint density at radius 3 is 2.31 bits per heavy atom. The molecule has 2 atom stereocenters. The summed E-state index contributed by atoms with van der Waals surface area (Å²) in [5.41, 5.74) is 0.177. The van der Waals surface area contributed by atoms with E-state index >= 15 is 0 Å². The average Bonchev–Trinajstić information content (AvgIpc) is 2.84. The Kier molecular flexibility index (Phi) is 8.57. The second-order valence-corrected chi connectivity index (χ2v) is 10.6. The van der Waals surface area contributed by atoms with Gasteiger partial charge in [-0.3, -0.25) is 9.59 Å². The van der Waals surface area contributed by atoms with Crippen LogP contribution in [-0.4, -0.2) is 50.2 Å². The highest BCUT2D eigenvalue weighted by molar-refractivity contribution is 7.89. The average molecular weight is 524 g/mol. The summed E-state index contributed by atoms with van der Waals surface area (Å²) in [5.74, 6) is -0.804. The fourth-order valence-corrected chi connectivity index (χ4v) is 5.55. The van der Waals surface area contributed by atoms with E-state index in [1.807, 2.05) is 6.92 Å². The van der Waals surface area contributed by atoms with E-state index in [2.05, 4.69) is 17.2 Å². The van der Waals surface area contributed by atoms with Crippen LogP contribution < -0.4 is 10.6 Å². The van der Waals surface area contributed by atoms with Crippen LogP contribution in [0.4, 0.5) is 13.2 Å². The predicted octanol–water partition coefficient (Wildman–Crippen LogP) is 3.38. The van der Waals surface area contributed by atoms with Crippen LogP contribution in [-0.2, 0) is 27.4 Å². The summed E-state index contributed by atoms with van der Waals surface area (Å²) in [7, 11) is -3.77. The van der Waals surface area contributed by atoms with Gasteiger partial charge in [0.1, 0.15) is 0 Å². The molecule has 1 heterocycles. The monoisotopic (exact) mass is 523 g/mol. The molecule has 1 saturated heterocycles. The number of benzene rings is 2. The number of carbonyl (C=O) groups is 2.